The van der Waals surface area contributed by atoms with E-state index < -0.39 is 18.5 Å². The number of carbonyl (C=O) groups is 3. The van der Waals surface area contributed by atoms with E-state index in [2.05, 4.69) is 10.6 Å². The number of anilines is 1. The van der Waals surface area contributed by atoms with Crippen molar-refractivity contribution < 1.29 is 19.1 Å². The molecule has 1 aromatic carbocycles. The Morgan fingerprint density at radius 3 is 2.54 bits per heavy atom. The normalized spacial score (nSPS) is 9.62. The van der Waals surface area contributed by atoms with Gasteiger partial charge in [-0.05, 0) is 35.7 Å². The molecule has 0 aliphatic carbocycles. The number of nitrogens with one attached hydrogen (secondary N) is 2. The van der Waals surface area contributed by atoms with Gasteiger partial charge in [0.1, 0.15) is 6.54 Å². The Morgan fingerprint density at radius 1 is 1.17 bits per heavy atom. The highest BCUT2D eigenvalue weighted by Crippen LogP contribution is 2.09. The molecule has 2 N–H and O–H groups in total. The molecule has 0 saturated heterocycles. The van der Waals surface area contributed by atoms with E-state index in [-0.39, 0.29) is 12.5 Å². The number of rotatable bonds is 6. The summed E-state index contributed by atoms with van der Waals surface area (Å²) in [6.45, 7) is -0.783. The number of ether oxygens (including phenoxy) is 1. The van der Waals surface area contributed by atoms with Crippen molar-refractivity contribution in [3.05, 3.63) is 52.2 Å². The van der Waals surface area contributed by atoms with Crippen molar-refractivity contribution in [1.29, 1.82) is 5.26 Å². The standard InChI is InChI=1S/C16H13N3O4S/c17-8-11-3-5-12(6-4-11)19-14(20)10-23-15(21)9-18-16(22)13-2-1-7-24-13/h1-7H,9-10H2,(H,18,22)(H,19,20). The molecular weight excluding hydrogens is 330 g/mol. The van der Waals surface area contributed by atoms with Crippen LogP contribution in [0.1, 0.15) is 15.2 Å². The maximum Gasteiger partial charge on any atom is 0.325 e. The molecule has 7 nitrogen and oxygen atoms in total. The minimum absolute atomic E-state index is 0.319. The van der Waals surface area contributed by atoms with Gasteiger partial charge in [0.25, 0.3) is 11.8 Å². The molecule has 0 saturated carbocycles. The van der Waals surface area contributed by atoms with E-state index in [4.69, 9.17) is 10.00 Å². The first-order valence-corrected chi connectivity index (χ1v) is 7.74. The molecule has 0 atom stereocenters. The first-order valence-electron chi connectivity index (χ1n) is 6.86. The summed E-state index contributed by atoms with van der Waals surface area (Å²) in [4.78, 5) is 35.3. The van der Waals surface area contributed by atoms with E-state index >= 15 is 0 Å². The largest absolute Gasteiger partial charge is 0.454 e. The number of nitrogens with zero attached hydrogens (tertiary/aromatic N) is 1. The lowest BCUT2D eigenvalue weighted by molar-refractivity contribution is -0.146. The van der Waals surface area contributed by atoms with Crippen LogP contribution in [0.3, 0.4) is 0 Å². The molecule has 0 spiro atoms. The molecule has 0 aliphatic heterocycles. The summed E-state index contributed by atoms with van der Waals surface area (Å²) < 4.78 is 4.77. The topological polar surface area (TPSA) is 108 Å². The van der Waals surface area contributed by atoms with Gasteiger partial charge in [0.15, 0.2) is 6.61 Å². The average Bonchev–Trinajstić information content (AvgIpc) is 3.13. The van der Waals surface area contributed by atoms with E-state index in [1.54, 1.807) is 41.8 Å². The summed E-state index contributed by atoms with van der Waals surface area (Å²) in [5, 5.41) is 15.4. The third kappa shape index (κ3) is 5.23. The number of carbonyl (C=O) groups excluding carboxylic acids is 3. The Labute approximate surface area is 141 Å². The van der Waals surface area contributed by atoms with Gasteiger partial charge in [0.2, 0.25) is 0 Å². The van der Waals surface area contributed by atoms with Crippen LogP contribution < -0.4 is 10.6 Å². The second-order valence-corrected chi connectivity index (χ2v) is 5.51. The molecule has 1 aromatic heterocycles. The molecule has 2 amide bonds. The smallest absolute Gasteiger partial charge is 0.325 e. The van der Waals surface area contributed by atoms with Crippen molar-refractivity contribution in [2.45, 2.75) is 0 Å². The molecule has 0 fully saturated rings. The number of esters is 1. The molecule has 2 rings (SSSR count). The lowest BCUT2D eigenvalue weighted by Crippen LogP contribution is -2.31. The van der Waals surface area contributed by atoms with Crippen LogP contribution in [0, 0.1) is 11.3 Å². The monoisotopic (exact) mass is 343 g/mol. The van der Waals surface area contributed by atoms with Crippen LogP contribution in [0.4, 0.5) is 5.69 Å². The van der Waals surface area contributed by atoms with Crippen molar-refractivity contribution in [3.63, 3.8) is 0 Å². The Hall–Kier alpha value is -3.18. The fraction of sp³-hybridized carbons (Fsp3) is 0.125. The van der Waals surface area contributed by atoms with Crippen LogP contribution in [-0.4, -0.2) is 30.9 Å². The van der Waals surface area contributed by atoms with Gasteiger partial charge in [-0.3, -0.25) is 14.4 Å². The van der Waals surface area contributed by atoms with Gasteiger partial charge in [0, 0.05) is 5.69 Å². The molecular formula is C16H13N3O4S. The van der Waals surface area contributed by atoms with E-state index in [1.165, 1.54) is 11.3 Å². The van der Waals surface area contributed by atoms with E-state index in [1.807, 2.05) is 6.07 Å². The zero-order valence-electron chi connectivity index (χ0n) is 12.4. The summed E-state index contributed by atoms with van der Waals surface area (Å²) in [5.41, 5.74) is 0.960. The number of nitriles is 1. The molecule has 0 unspecified atom stereocenters. The van der Waals surface area contributed by atoms with Gasteiger partial charge in [-0.25, -0.2) is 0 Å². The Bertz CT molecular complexity index is 764. The highest BCUT2D eigenvalue weighted by Gasteiger charge is 2.11. The minimum Gasteiger partial charge on any atom is -0.454 e. The first kappa shape index (κ1) is 17.2. The highest BCUT2D eigenvalue weighted by atomic mass is 32.1. The summed E-state index contributed by atoms with van der Waals surface area (Å²) in [6, 6.07) is 11.6. The molecule has 2 aromatic rings. The first-order chi connectivity index (χ1) is 11.6. The van der Waals surface area contributed by atoms with Gasteiger partial charge in [-0.1, -0.05) is 6.07 Å². The predicted molar refractivity (Wildman–Crippen MR) is 87.4 cm³/mol. The Kier molecular flexibility index (Phi) is 6.05. The van der Waals surface area contributed by atoms with Gasteiger partial charge >= 0.3 is 5.97 Å². The SMILES string of the molecule is N#Cc1ccc(NC(=O)COC(=O)CNC(=O)c2cccs2)cc1. The Balaban J connectivity index is 1.70. The molecule has 24 heavy (non-hydrogen) atoms. The fourth-order valence-corrected chi connectivity index (χ4v) is 2.31. The molecule has 0 bridgehead atoms. The van der Waals surface area contributed by atoms with Crippen molar-refractivity contribution in [2.75, 3.05) is 18.5 Å². The third-order valence-corrected chi connectivity index (χ3v) is 3.67. The van der Waals surface area contributed by atoms with Gasteiger partial charge in [0.05, 0.1) is 16.5 Å². The van der Waals surface area contributed by atoms with Gasteiger partial charge in [-0.15, -0.1) is 11.3 Å². The predicted octanol–water partition coefficient (Wildman–Crippen LogP) is 1.53. The lowest BCUT2D eigenvalue weighted by Gasteiger charge is -2.07. The number of hydrogen-bond acceptors (Lipinski definition) is 6. The number of amides is 2. The van der Waals surface area contributed by atoms with Crippen LogP contribution in [0.2, 0.25) is 0 Å². The van der Waals surface area contributed by atoms with E-state index in [9.17, 15) is 14.4 Å². The molecule has 1 heterocycles. The zero-order chi connectivity index (χ0) is 17.4. The lowest BCUT2D eigenvalue weighted by atomic mass is 10.2. The van der Waals surface area contributed by atoms with Crippen LogP contribution >= 0.6 is 11.3 Å². The number of thiophene rings is 1. The fourth-order valence-electron chi connectivity index (χ4n) is 1.67. The number of hydrogen-bond donors (Lipinski definition) is 2. The minimum atomic E-state index is -0.713. The van der Waals surface area contributed by atoms with Crippen LogP contribution in [-0.2, 0) is 14.3 Å². The quantitative estimate of drug-likeness (QED) is 0.773. The molecule has 0 radical (unpaired) electrons. The second-order valence-electron chi connectivity index (χ2n) is 4.56. The average molecular weight is 343 g/mol. The summed E-state index contributed by atoms with van der Waals surface area (Å²) in [5.74, 6) is -1.60. The third-order valence-electron chi connectivity index (χ3n) is 2.80. The molecule has 8 heteroatoms. The van der Waals surface area contributed by atoms with Crippen LogP contribution in [0.25, 0.3) is 0 Å². The van der Waals surface area contributed by atoms with Crippen LogP contribution in [0.5, 0.6) is 0 Å². The summed E-state index contributed by atoms with van der Waals surface area (Å²) >= 11 is 1.26. The molecule has 122 valence electrons. The summed E-state index contributed by atoms with van der Waals surface area (Å²) in [7, 11) is 0. The van der Waals surface area contributed by atoms with E-state index in [0.717, 1.165) is 0 Å². The maximum atomic E-state index is 11.7. The zero-order valence-corrected chi connectivity index (χ0v) is 13.3. The van der Waals surface area contributed by atoms with Crippen molar-refractivity contribution in [3.8, 4) is 6.07 Å². The van der Waals surface area contributed by atoms with Crippen molar-refractivity contribution >= 4 is 34.8 Å². The van der Waals surface area contributed by atoms with Crippen LogP contribution in [0.15, 0.2) is 41.8 Å². The van der Waals surface area contributed by atoms with Crippen molar-refractivity contribution in [2.24, 2.45) is 0 Å². The maximum absolute atomic E-state index is 11.7. The summed E-state index contributed by atoms with van der Waals surface area (Å²) in [6.07, 6.45) is 0. The van der Waals surface area contributed by atoms with E-state index in [0.29, 0.717) is 16.1 Å². The van der Waals surface area contributed by atoms with Gasteiger partial charge < -0.3 is 15.4 Å². The molecule has 0 aliphatic rings. The van der Waals surface area contributed by atoms with Crippen molar-refractivity contribution in [1.82, 2.24) is 5.32 Å². The number of benzene rings is 1. The second kappa shape index (κ2) is 8.45. The highest BCUT2D eigenvalue weighted by molar-refractivity contribution is 7.12. The van der Waals surface area contributed by atoms with Gasteiger partial charge in [-0.2, -0.15) is 5.26 Å². The Morgan fingerprint density at radius 2 is 1.92 bits per heavy atom.